The van der Waals surface area contributed by atoms with Crippen molar-refractivity contribution in [3.8, 4) is 0 Å². The second kappa shape index (κ2) is 18.9. The van der Waals surface area contributed by atoms with Crippen molar-refractivity contribution in [1.82, 2.24) is 0 Å². The molecular formula is C20H42N2O6. The molecule has 0 heterocycles. The van der Waals surface area contributed by atoms with Gasteiger partial charge in [-0.2, -0.15) is 0 Å². The van der Waals surface area contributed by atoms with Crippen LogP contribution in [0.15, 0.2) is 12.2 Å². The third-order valence-electron chi connectivity index (χ3n) is 5.53. The quantitative estimate of drug-likeness (QED) is 0.309. The number of hydrogen-bond acceptors (Lipinski definition) is 6. The molecule has 0 aliphatic carbocycles. The fraction of sp³-hybridized carbons (Fsp3) is 0.800. The molecule has 0 saturated carbocycles. The van der Waals surface area contributed by atoms with Crippen LogP contribution in [-0.2, 0) is 9.59 Å². The van der Waals surface area contributed by atoms with Gasteiger partial charge in [0.2, 0.25) is 0 Å². The van der Waals surface area contributed by atoms with E-state index in [9.17, 15) is 19.8 Å². The minimum atomic E-state index is -1.55. The molecule has 0 aromatic carbocycles. The SMILES string of the molecule is CC[N+](CC)(CC)CCO.CC[N+](CC)(CC)CCO.O=C([O-])/C=C\C(=O)[O-]. The van der Waals surface area contributed by atoms with Crippen LogP contribution in [0.4, 0.5) is 0 Å². The molecule has 0 atom stereocenters. The Morgan fingerprint density at radius 3 is 0.929 bits per heavy atom. The standard InChI is InChI=1S/2C8H20NO.C4H4O4/c2*1-4-9(5-2,6-3)7-8-10;5-3(6)1-2-4(7)8/h2*10H,4-8H2,1-3H3;1-2H,(H,5,6)(H,7,8)/q2*+1;/p-2/b;;2-1-. The maximum Gasteiger partial charge on any atom is 0.102 e. The molecule has 0 unspecified atom stereocenters. The topological polar surface area (TPSA) is 121 Å². The smallest absolute Gasteiger partial charge is 0.102 e. The van der Waals surface area contributed by atoms with Crippen LogP contribution in [0.25, 0.3) is 0 Å². The maximum atomic E-state index is 9.41. The van der Waals surface area contributed by atoms with Crippen molar-refractivity contribution in [2.24, 2.45) is 0 Å². The lowest BCUT2D eigenvalue weighted by atomic mass is 10.3. The molecule has 0 fully saturated rings. The summed E-state index contributed by atoms with van der Waals surface area (Å²) in [6.07, 6.45) is 0.769. The highest BCUT2D eigenvalue weighted by molar-refractivity contribution is 5.87. The van der Waals surface area contributed by atoms with Gasteiger partial charge in [0.05, 0.1) is 64.4 Å². The monoisotopic (exact) mass is 406 g/mol. The van der Waals surface area contributed by atoms with Gasteiger partial charge >= 0.3 is 0 Å². The zero-order valence-electron chi connectivity index (χ0n) is 18.6. The van der Waals surface area contributed by atoms with Gasteiger partial charge in [0.25, 0.3) is 0 Å². The zero-order valence-corrected chi connectivity index (χ0v) is 18.6. The van der Waals surface area contributed by atoms with Gasteiger partial charge in [0.1, 0.15) is 13.1 Å². The van der Waals surface area contributed by atoms with Crippen LogP contribution in [0.5, 0.6) is 0 Å². The average Bonchev–Trinajstić information content (AvgIpc) is 2.70. The number of carbonyl (C=O) groups excluding carboxylic acids is 2. The summed E-state index contributed by atoms with van der Waals surface area (Å²) < 4.78 is 2.10. The number of nitrogens with zero attached hydrogens (tertiary/aromatic N) is 2. The van der Waals surface area contributed by atoms with Gasteiger partial charge in [-0.3, -0.25) is 0 Å². The molecule has 0 spiro atoms. The van der Waals surface area contributed by atoms with E-state index in [2.05, 4.69) is 41.5 Å². The lowest BCUT2D eigenvalue weighted by Gasteiger charge is -2.34. The molecule has 0 aromatic rings. The molecule has 0 aliphatic heterocycles. The molecule has 8 heteroatoms. The summed E-state index contributed by atoms with van der Waals surface area (Å²) in [5.74, 6) is -3.09. The summed E-state index contributed by atoms with van der Waals surface area (Å²) in [7, 11) is 0. The number of carboxylic acids is 2. The molecule has 0 amide bonds. The number of aliphatic hydroxyl groups is 2. The molecule has 0 aromatic heterocycles. The summed E-state index contributed by atoms with van der Waals surface area (Å²) in [6.45, 7) is 22.3. The number of quaternary nitrogens is 2. The Kier molecular flexibility index (Phi) is 21.0. The molecule has 168 valence electrons. The number of carbonyl (C=O) groups is 2. The number of aliphatic carboxylic acids is 2. The van der Waals surface area contributed by atoms with E-state index in [0.29, 0.717) is 25.4 Å². The third-order valence-corrected chi connectivity index (χ3v) is 5.53. The van der Waals surface area contributed by atoms with Crippen molar-refractivity contribution in [1.29, 1.82) is 0 Å². The molecule has 0 radical (unpaired) electrons. The van der Waals surface area contributed by atoms with Crippen molar-refractivity contribution < 1.29 is 39.0 Å². The van der Waals surface area contributed by atoms with Crippen molar-refractivity contribution in [3.63, 3.8) is 0 Å². The van der Waals surface area contributed by atoms with Gasteiger partial charge in [-0.25, -0.2) is 0 Å². The number of aliphatic hydroxyl groups excluding tert-OH is 2. The minimum Gasteiger partial charge on any atom is -0.545 e. The lowest BCUT2D eigenvalue weighted by molar-refractivity contribution is -0.923. The first-order valence-electron chi connectivity index (χ1n) is 10.1. The van der Waals surface area contributed by atoms with Gasteiger partial charge < -0.3 is 39.0 Å². The Labute approximate surface area is 170 Å². The van der Waals surface area contributed by atoms with Crippen LogP contribution in [0.1, 0.15) is 41.5 Å². The van der Waals surface area contributed by atoms with E-state index in [-0.39, 0.29) is 0 Å². The first-order chi connectivity index (χ1) is 13.1. The number of rotatable bonds is 12. The van der Waals surface area contributed by atoms with Gasteiger partial charge in [-0.05, 0) is 53.7 Å². The normalized spacial score (nSPS) is 11.3. The largest absolute Gasteiger partial charge is 0.545 e. The zero-order chi connectivity index (χ0) is 22.6. The highest BCUT2D eigenvalue weighted by Gasteiger charge is 2.19. The van der Waals surface area contributed by atoms with Crippen LogP contribution in [0, 0.1) is 0 Å². The fourth-order valence-corrected chi connectivity index (χ4v) is 2.85. The predicted molar refractivity (Wildman–Crippen MR) is 107 cm³/mol. The molecule has 0 aliphatic rings. The molecule has 0 saturated heterocycles. The van der Waals surface area contributed by atoms with E-state index in [0.717, 1.165) is 61.3 Å². The molecular weight excluding hydrogens is 364 g/mol. The van der Waals surface area contributed by atoms with Crippen LogP contribution in [-0.4, -0.2) is 96.7 Å². The van der Waals surface area contributed by atoms with Crippen molar-refractivity contribution in [3.05, 3.63) is 12.2 Å². The number of carboxylic acid groups (broad SMARTS) is 2. The van der Waals surface area contributed by atoms with Crippen LogP contribution >= 0.6 is 0 Å². The van der Waals surface area contributed by atoms with Crippen LogP contribution in [0.3, 0.4) is 0 Å². The third kappa shape index (κ3) is 15.6. The first-order valence-corrected chi connectivity index (χ1v) is 10.1. The molecule has 0 bridgehead atoms. The Morgan fingerprint density at radius 2 is 0.857 bits per heavy atom. The second-order valence-electron chi connectivity index (χ2n) is 6.45. The van der Waals surface area contributed by atoms with E-state index in [1.165, 1.54) is 0 Å². The van der Waals surface area contributed by atoms with E-state index >= 15 is 0 Å². The summed E-state index contributed by atoms with van der Waals surface area (Å²) in [6, 6.07) is 0. The van der Waals surface area contributed by atoms with E-state index in [4.69, 9.17) is 10.2 Å². The van der Waals surface area contributed by atoms with Gasteiger partial charge in [0.15, 0.2) is 0 Å². The first kappa shape index (κ1) is 31.2. The summed E-state index contributed by atoms with van der Waals surface area (Å²) >= 11 is 0. The maximum absolute atomic E-state index is 9.41. The molecule has 2 N–H and O–H groups in total. The molecule has 8 nitrogen and oxygen atoms in total. The fourth-order valence-electron chi connectivity index (χ4n) is 2.85. The number of hydrogen-bond donors (Lipinski definition) is 2. The van der Waals surface area contributed by atoms with Crippen molar-refractivity contribution in [2.75, 3.05) is 65.6 Å². The highest BCUT2D eigenvalue weighted by Crippen LogP contribution is 2.04. The second-order valence-corrected chi connectivity index (χ2v) is 6.45. The summed E-state index contributed by atoms with van der Waals surface area (Å²) in [4.78, 5) is 18.8. The Morgan fingerprint density at radius 1 is 0.643 bits per heavy atom. The Bertz CT molecular complexity index is 364. The lowest BCUT2D eigenvalue weighted by Crippen LogP contribution is -2.49. The highest BCUT2D eigenvalue weighted by atomic mass is 16.4. The van der Waals surface area contributed by atoms with E-state index in [1.807, 2.05) is 0 Å². The Balaban J connectivity index is -0.000000337. The van der Waals surface area contributed by atoms with Gasteiger partial charge in [-0.15, -0.1) is 0 Å². The van der Waals surface area contributed by atoms with Crippen molar-refractivity contribution >= 4 is 11.9 Å². The Hall–Kier alpha value is -1.48. The van der Waals surface area contributed by atoms with Gasteiger partial charge in [0, 0.05) is 0 Å². The molecule has 0 rings (SSSR count). The van der Waals surface area contributed by atoms with E-state index < -0.39 is 11.9 Å². The van der Waals surface area contributed by atoms with E-state index in [1.54, 1.807) is 0 Å². The summed E-state index contributed by atoms with van der Waals surface area (Å²) in [5.41, 5.74) is 0. The van der Waals surface area contributed by atoms with Gasteiger partial charge in [-0.1, -0.05) is 0 Å². The van der Waals surface area contributed by atoms with Crippen molar-refractivity contribution in [2.45, 2.75) is 41.5 Å². The minimum absolute atomic E-state index is 0.315. The van der Waals surface area contributed by atoms with Crippen LogP contribution in [0.2, 0.25) is 0 Å². The number of likely N-dealkylation sites (N-methyl/N-ethyl adjacent to an activating group) is 2. The van der Waals surface area contributed by atoms with Crippen LogP contribution < -0.4 is 10.2 Å². The average molecular weight is 407 g/mol. The predicted octanol–water partition coefficient (Wildman–Crippen LogP) is -1.25. The molecule has 28 heavy (non-hydrogen) atoms. The summed E-state index contributed by atoms with van der Waals surface area (Å²) in [5, 5.41) is 36.4.